The monoisotopic (exact) mass is 408 g/mol. The molecule has 0 atom stereocenters. The molecule has 0 saturated heterocycles. The van der Waals surface area contributed by atoms with Crippen molar-refractivity contribution in [3.8, 4) is 5.69 Å². The number of rotatable bonds is 0. The van der Waals surface area contributed by atoms with Gasteiger partial charge in [-0.2, -0.15) is 0 Å². The first-order valence-electron chi connectivity index (χ1n) is 6.13. The van der Waals surface area contributed by atoms with E-state index in [0.717, 1.165) is 3.57 Å². The molecule has 0 radical (unpaired) electrons. The smallest absolute Gasteiger partial charge is 0.266 e. The van der Waals surface area contributed by atoms with E-state index < -0.39 is 0 Å². The van der Waals surface area contributed by atoms with E-state index in [-0.39, 0.29) is 17.2 Å². The topological polar surface area (TPSA) is 52.0 Å². The molecule has 0 bridgehead atoms. The summed E-state index contributed by atoms with van der Waals surface area (Å²) in [4.78, 5) is 29.5. The number of carbonyl (C=O) groups is 1. The second-order valence-electron chi connectivity index (χ2n) is 4.73. The van der Waals surface area contributed by atoms with E-state index in [1.54, 1.807) is 30.3 Å². The van der Waals surface area contributed by atoms with Gasteiger partial charge in [-0.05, 0) is 59.0 Å². The van der Waals surface area contributed by atoms with Gasteiger partial charge in [-0.3, -0.25) is 14.2 Å². The van der Waals surface area contributed by atoms with Gasteiger partial charge >= 0.3 is 0 Å². The lowest BCUT2D eigenvalue weighted by atomic mass is 10.1. The van der Waals surface area contributed by atoms with Crippen molar-refractivity contribution in [2.45, 2.75) is 0 Å². The second kappa shape index (κ2) is 4.38. The number of halogens is 2. The van der Waals surface area contributed by atoms with Crippen LogP contribution in [0.5, 0.6) is 0 Å². The van der Waals surface area contributed by atoms with Crippen LogP contribution in [0.3, 0.4) is 0 Å². The average Bonchev–Trinajstić information content (AvgIpc) is 2.73. The highest BCUT2D eigenvalue weighted by Crippen LogP contribution is 2.28. The highest BCUT2D eigenvalue weighted by atomic mass is 127. The quantitative estimate of drug-likeness (QED) is 0.420. The summed E-state index contributed by atoms with van der Waals surface area (Å²) < 4.78 is 2.31. The lowest BCUT2D eigenvalue weighted by molar-refractivity contribution is 0.103. The van der Waals surface area contributed by atoms with Gasteiger partial charge in [0, 0.05) is 8.59 Å². The lowest BCUT2D eigenvalue weighted by Crippen LogP contribution is -2.21. The molecule has 1 aliphatic heterocycles. The molecule has 3 aromatic rings. The summed E-state index contributed by atoms with van der Waals surface area (Å²) in [7, 11) is 0. The number of hydrogen-bond donors (Lipinski definition) is 0. The fraction of sp³-hybridized carbons (Fsp3) is 0. The van der Waals surface area contributed by atoms with Crippen LogP contribution in [0.25, 0.3) is 16.6 Å². The molecule has 0 saturated carbocycles. The third-order valence-electron chi connectivity index (χ3n) is 3.48. The highest BCUT2D eigenvalue weighted by Gasteiger charge is 2.30. The van der Waals surface area contributed by atoms with Gasteiger partial charge in [0.25, 0.3) is 5.56 Å². The van der Waals surface area contributed by atoms with Crippen molar-refractivity contribution in [1.29, 1.82) is 0 Å². The van der Waals surface area contributed by atoms with Crippen molar-refractivity contribution in [3.05, 3.63) is 66.7 Å². The standard InChI is InChI=1S/C15H6ClIN2O2/c16-7-1-4-12-10(5-7)13(20)14-18-11-3-2-8(17)6-9(11)15(21)19(12)14/h1-6H. The van der Waals surface area contributed by atoms with Gasteiger partial charge in [-0.15, -0.1) is 0 Å². The largest absolute Gasteiger partial charge is 0.285 e. The van der Waals surface area contributed by atoms with E-state index >= 15 is 0 Å². The summed E-state index contributed by atoms with van der Waals surface area (Å²) in [6.45, 7) is 0. The van der Waals surface area contributed by atoms with Crippen molar-refractivity contribution in [2.24, 2.45) is 0 Å². The molecule has 0 fully saturated rings. The van der Waals surface area contributed by atoms with Crippen LogP contribution in [0.4, 0.5) is 0 Å². The Bertz CT molecular complexity index is 1010. The molecule has 2 heterocycles. The molecule has 0 unspecified atom stereocenters. The van der Waals surface area contributed by atoms with Crippen LogP contribution in [0, 0.1) is 3.57 Å². The minimum Gasteiger partial charge on any atom is -0.285 e. The fourth-order valence-corrected chi connectivity index (χ4v) is 3.20. The van der Waals surface area contributed by atoms with Crippen LogP contribution in [0.1, 0.15) is 16.2 Å². The molecule has 1 aliphatic rings. The summed E-state index contributed by atoms with van der Waals surface area (Å²) in [5, 5.41) is 0.961. The highest BCUT2D eigenvalue weighted by molar-refractivity contribution is 14.1. The van der Waals surface area contributed by atoms with Crippen LogP contribution in [-0.4, -0.2) is 15.3 Å². The molecule has 102 valence electrons. The number of carbonyl (C=O) groups excluding carboxylic acids is 1. The van der Waals surface area contributed by atoms with Crippen molar-refractivity contribution in [3.63, 3.8) is 0 Å². The third kappa shape index (κ3) is 1.77. The summed E-state index contributed by atoms with van der Waals surface area (Å²) in [6.07, 6.45) is 0. The van der Waals surface area contributed by atoms with E-state index in [1.165, 1.54) is 4.57 Å². The Morgan fingerprint density at radius 2 is 1.90 bits per heavy atom. The molecule has 0 amide bonds. The van der Waals surface area contributed by atoms with Gasteiger partial charge in [0.1, 0.15) is 0 Å². The van der Waals surface area contributed by atoms with E-state index in [2.05, 4.69) is 27.6 Å². The first-order valence-corrected chi connectivity index (χ1v) is 7.59. The molecular formula is C15H6ClIN2O2. The van der Waals surface area contributed by atoms with Gasteiger partial charge in [-0.1, -0.05) is 11.6 Å². The lowest BCUT2D eigenvalue weighted by Gasteiger charge is -2.05. The Hall–Kier alpha value is -1.73. The minimum absolute atomic E-state index is 0.144. The Balaban J connectivity index is 2.18. The Morgan fingerprint density at radius 1 is 1.10 bits per heavy atom. The molecule has 0 N–H and O–H groups in total. The Labute approximate surface area is 137 Å². The number of hydrogen-bond acceptors (Lipinski definition) is 3. The van der Waals surface area contributed by atoms with Crippen molar-refractivity contribution >= 4 is 50.9 Å². The van der Waals surface area contributed by atoms with Crippen LogP contribution < -0.4 is 5.56 Å². The number of ketones is 1. The predicted molar refractivity (Wildman–Crippen MR) is 88.5 cm³/mol. The zero-order valence-corrected chi connectivity index (χ0v) is 13.3. The van der Waals surface area contributed by atoms with Gasteiger partial charge in [0.2, 0.25) is 5.78 Å². The van der Waals surface area contributed by atoms with E-state index in [9.17, 15) is 9.59 Å². The van der Waals surface area contributed by atoms with Gasteiger partial charge in [0.15, 0.2) is 5.82 Å². The summed E-state index contributed by atoms with van der Waals surface area (Å²) in [5.74, 6) is -0.129. The van der Waals surface area contributed by atoms with E-state index in [0.29, 0.717) is 27.2 Å². The number of benzene rings is 2. The van der Waals surface area contributed by atoms with Crippen LogP contribution in [0.2, 0.25) is 5.02 Å². The molecule has 0 spiro atoms. The Kier molecular flexibility index (Phi) is 2.71. The number of fused-ring (bicyclic) bond motifs is 4. The molecule has 6 heteroatoms. The predicted octanol–water partition coefficient (Wildman–Crippen LogP) is 3.19. The fourth-order valence-electron chi connectivity index (χ4n) is 2.54. The maximum absolute atomic E-state index is 12.7. The summed E-state index contributed by atoms with van der Waals surface area (Å²) in [5.41, 5.74) is 1.25. The van der Waals surface area contributed by atoms with E-state index in [1.807, 2.05) is 6.07 Å². The first kappa shape index (κ1) is 13.0. The minimum atomic E-state index is -0.273. The first-order chi connectivity index (χ1) is 10.1. The maximum Gasteiger partial charge on any atom is 0.266 e. The zero-order valence-electron chi connectivity index (χ0n) is 10.4. The molecule has 0 aliphatic carbocycles. The van der Waals surface area contributed by atoms with Crippen LogP contribution >= 0.6 is 34.2 Å². The van der Waals surface area contributed by atoms with Gasteiger partial charge in [0.05, 0.1) is 22.2 Å². The Morgan fingerprint density at radius 3 is 2.71 bits per heavy atom. The van der Waals surface area contributed by atoms with Crippen molar-refractivity contribution in [1.82, 2.24) is 9.55 Å². The van der Waals surface area contributed by atoms with Gasteiger partial charge < -0.3 is 0 Å². The summed E-state index contributed by atoms with van der Waals surface area (Å²) >= 11 is 8.08. The molecule has 4 rings (SSSR count). The number of nitrogens with zero attached hydrogens (tertiary/aromatic N) is 2. The second-order valence-corrected chi connectivity index (χ2v) is 6.41. The molecule has 4 nitrogen and oxygen atoms in total. The normalized spacial score (nSPS) is 12.6. The molecular weight excluding hydrogens is 403 g/mol. The SMILES string of the molecule is O=C1c2cc(Cl)ccc2-n2c1nc1ccc(I)cc1c2=O. The van der Waals surface area contributed by atoms with Crippen molar-refractivity contribution < 1.29 is 4.79 Å². The van der Waals surface area contributed by atoms with Crippen molar-refractivity contribution in [2.75, 3.05) is 0 Å². The zero-order chi connectivity index (χ0) is 14.7. The third-order valence-corrected chi connectivity index (χ3v) is 4.38. The van der Waals surface area contributed by atoms with Gasteiger partial charge in [-0.25, -0.2) is 4.98 Å². The number of aromatic nitrogens is 2. The molecule has 21 heavy (non-hydrogen) atoms. The van der Waals surface area contributed by atoms with Crippen LogP contribution in [0.15, 0.2) is 41.2 Å². The summed E-state index contributed by atoms with van der Waals surface area (Å²) in [6, 6.07) is 10.3. The van der Waals surface area contributed by atoms with E-state index in [4.69, 9.17) is 11.6 Å². The maximum atomic E-state index is 12.7. The van der Waals surface area contributed by atoms with Crippen LogP contribution in [-0.2, 0) is 0 Å². The molecule has 1 aromatic heterocycles. The molecule has 2 aromatic carbocycles. The average molecular weight is 409 g/mol.